The minimum atomic E-state index is -0.165. The first-order valence-electron chi connectivity index (χ1n) is 6.28. The highest BCUT2D eigenvalue weighted by Crippen LogP contribution is 2.19. The zero-order chi connectivity index (χ0) is 13.0. The Morgan fingerprint density at radius 3 is 3.00 bits per heavy atom. The van der Waals surface area contributed by atoms with Gasteiger partial charge < -0.3 is 15.8 Å². The van der Waals surface area contributed by atoms with E-state index in [1.165, 1.54) is 7.11 Å². The van der Waals surface area contributed by atoms with Crippen LogP contribution >= 0.6 is 0 Å². The molecule has 1 amide bonds. The number of rotatable bonds is 3. The van der Waals surface area contributed by atoms with Crippen LogP contribution in [0, 0.1) is 0 Å². The van der Waals surface area contributed by atoms with Crippen LogP contribution in [0.1, 0.15) is 36.0 Å². The predicted octanol–water partition coefficient (Wildman–Crippen LogP) is 1.09. The van der Waals surface area contributed by atoms with Gasteiger partial charge in [0.25, 0.3) is 5.91 Å². The molecule has 1 aliphatic carbocycles. The van der Waals surface area contributed by atoms with Crippen LogP contribution in [-0.2, 0) is 0 Å². The van der Waals surface area contributed by atoms with Gasteiger partial charge in [-0.15, -0.1) is 0 Å². The normalized spacial score (nSPS) is 23.4. The monoisotopic (exact) mass is 249 g/mol. The summed E-state index contributed by atoms with van der Waals surface area (Å²) in [5.41, 5.74) is 6.47. The number of amides is 1. The summed E-state index contributed by atoms with van der Waals surface area (Å²) in [5, 5.41) is 2.98. The van der Waals surface area contributed by atoms with Gasteiger partial charge >= 0.3 is 0 Å². The van der Waals surface area contributed by atoms with Gasteiger partial charge in [-0.1, -0.05) is 12.8 Å². The number of hydrogen-bond acceptors (Lipinski definition) is 4. The number of pyridine rings is 1. The molecular weight excluding hydrogens is 230 g/mol. The summed E-state index contributed by atoms with van der Waals surface area (Å²) in [4.78, 5) is 16.2. The highest BCUT2D eigenvalue weighted by atomic mass is 16.5. The van der Waals surface area contributed by atoms with Gasteiger partial charge in [0.15, 0.2) is 0 Å². The van der Waals surface area contributed by atoms with Gasteiger partial charge in [0.05, 0.1) is 7.11 Å². The van der Waals surface area contributed by atoms with Crippen molar-refractivity contribution >= 4 is 5.91 Å². The van der Waals surface area contributed by atoms with Crippen molar-refractivity contribution in [1.82, 2.24) is 10.3 Å². The summed E-state index contributed by atoms with van der Waals surface area (Å²) >= 11 is 0. The fraction of sp³-hybridized carbons (Fsp3) is 0.538. The third-order valence-electron chi connectivity index (χ3n) is 3.35. The lowest BCUT2D eigenvalue weighted by atomic mass is 9.91. The third kappa shape index (κ3) is 2.79. The molecule has 98 valence electrons. The van der Waals surface area contributed by atoms with Crippen molar-refractivity contribution in [2.45, 2.75) is 37.8 Å². The number of aromatic nitrogens is 1. The Bertz CT molecular complexity index is 422. The van der Waals surface area contributed by atoms with Gasteiger partial charge in [-0.05, 0) is 25.0 Å². The van der Waals surface area contributed by atoms with Crippen molar-refractivity contribution in [2.24, 2.45) is 5.73 Å². The minimum Gasteiger partial charge on any atom is -0.480 e. The molecule has 0 bridgehead atoms. The molecule has 1 aromatic rings. The minimum absolute atomic E-state index is 0.0466. The van der Waals surface area contributed by atoms with Crippen molar-refractivity contribution < 1.29 is 9.53 Å². The van der Waals surface area contributed by atoms with Gasteiger partial charge in [0.2, 0.25) is 5.88 Å². The Morgan fingerprint density at radius 2 is 2.28 bits per heavy atom. The molecule has 5 nitrogen and oxygen atoms in total. The Labute approximate surface area is 107 Å². The summed E-state index contributed by atoms with van der Waals surface area (Å²) in [7, 11) is 1.51. The van der Waals surface area contributed by atoms with E-state index in [0.29, 0.717) is 11.4 Å². The maximum atomic E-state index is 12.2. The molecule has 18 heavy (non-hydrogen) atoms. The van der Waals surface area contributed by atoms with Crippen LogP contribution in [0.25, 0.3) is 0 Å². The van der Waals surface area contributed by atoms with Crippen molar-refractivity contribution in [1.29, 1.82) is 0 Å². The van der Waals surface area contributed by atoms with Crippen molar-refractivity contribution in [3.8, 4) is 5.88 Å². The molecule has 0 aliphatic heterocycles. The van der Waals surface area contributed by atoms with Crippen LogP contribution in [0.5, 0.6) is 5.88 Å². The zero-order valence-electron chi connectivity index (χ0n) is 10.6. The van der Waals surface area contributed by atoms with Crippen LogP contribution in [-0.4, -0.2) is 30.1 Å². The largest absolute Gasteiger partial charge is 0.480 e. The molecule has 0 spiro atoms. The number of nitrogens with two attached hydrogens (primary N) is 1. The van der Waals surface area contributed by atoms with Crippen LogP contribution in [0.15, 0.2) is 18.3 Å². The SMILES string of the molecule is COc1ncccc1C(=O)N[C@@H]1CCCC[C@H]1N. The number of ether oxygens (including phenoxy) is 1. The topological polar surface area (TPSA) is 77.2 Å². The average Bonchev–Trinajstić information content (AvgIpc) is 2.41. The lowest BCUT2D eigenvalue weighted by Gasteiger charge is -2.29. The molecule has 2 atom stereocenters. The van der Waals surface area contributed by atoms with Crippen molar-refractivity contribution in [3.05, 3.63) is 23.9 Å². The van der Waals surface area contributed by atoms with E-state index in [1.54, 1.807) is 18.3 Å². The summed E-state index contributed by atoms with van der Waals surface area (Å²) in [6.07, 6.45) is 5.76. The molecule has 0 unspecified atom stereocenters. The second-order valence-electron chi connectivity index (χ2n) is 4.59. The Hall–Kier alpha value is -1.62. The number of carbonyl (C=O) groups excluding carboxylic acids is 1. The molecule has 0 saturated heterocycles. The van der Waals surface area contributed by atoms with E-state index >= 15 is 0 Å². The Morgan fingerprint density at radius 1 is 1.50 bits per heavy atom. The second kappa shape index (κ2) is 5.82. The van der Waals surface area contributed by atoms with E-state index in [4.69, 9.17) is 10.5 Å². The molecule has 2 rings (SSSR count). The molecule has 1 heterocycles. The quantitative estimate of drug-likeness (QED) is 0.840. The maximum absolute atomic E-state index is 12.2. The van der Waals surface area contributed by atoms with E-state index < -0.39 is 0 Å². The lowest BCUT2D eigenvalue weighted by molar-refractivity contribution is 0.0917. The van der Waals surface area contributed by atoms with Gasteiger partial charge in [-0.3, -0.25) is 4.79 Å². The standard InChI is InChI=1S/C13H19N3O2/c1-18-13-9(5-4-8-15-13)12(17)16-11-7-3-2-6-10(11)14/h4-5,8,10-11H,2-3,6-7,14H2,1H3,(H,16,17)/t10-,11-/m1/s1. The molecule has 0 radical (unpaired) electrons. The van der Waals surface area contributed by atoms with Crippen LogP contribution in [0.3, 0.4) is 0 Å². The molecule has 1 aromatic heterocycles. The molecule has 1 saturated carbocycles. The Kier molecular flexibility index (Phi) is 4.15. The van der Waals surface area contributed by atoms with Crippen LogP contribution in [0.2, 0.25) is 0 Å². The number of methoxy groups -OCH3 is 1. The number of carbonyl (C=O) groups is 1. The summed E-state index contributed by atoms with van der Waals surface area (Å²) in [5.74, 6) is 0.182. The van der Waals surface area contributed by atoms with E-state index in [0.717, 1.165) is 25.7 Å². The fourth-order valence-corrected chi connectivity index (χ4v) is 2.31. The van der Waals surface area contributed by atoms with E-state index in [2.05, 4.69) is 10.3 Å². The summed E-state index contributed by atoms with van der Waals surface area (Å²) in [6.45, 7) is 0. The highest BCUT2D eigenvalue weighted by molar-refractivity contribution is 5.96. The van der Waals surface area contributed by atoms with Crippen molar-refractivity contribution in [2.75, 3.05) is 7.11 Å². The van der Waals surface area contributed by atoms with Crippen LogP contribution < -0.4 is 15.8 Å². The molecular formula is C13H19N3O2. The average molecular weight is 249 g/mol. The first-order chi connectivity index (χ1) is 8.72. The van der Waals surface area contributed by atoms with Crippen molar-refractivity contribution in [3.63, 3.8) is 0 Å². The third-order valence-corrected chi connectivity index (χ3v) is 3.35. The van der Waals surface area contributed by atoms with Gasteiger partial charge in [0, 0.05) is 18.3 Å². The number of nitrogens with one attached hydrogen (secondary N) is 1. The molecule has 0 aromatic carbocycles. The smallest absolute Gasteiger partial charge is 0.257 e. The second-order valence-corrected chi connectivity index (χ2v) is 4.59. The summed E-state index contributed by atoms with van der Waals surface area (Å²) in [6, 6.07) is 3.52. The first kappa shape index (κ1) is 12.8. The van der Waals surface area contributed by atoms with E-state index in [1.807, 2.05) is 0 Å². The number of nitrogens with zero attached hydrogens (tertiary/aromatic N) is 1. The summed E-state index contributed by atoms with van der Waals surface area (Å²) < 4.78 is 5.08. The predicted molar refractivity (Wildman–Crippen MR) is 68.5 cm³/mol. The molecule has 1 aliphatic rings. The maximum Gasteiger partial charge on any atom is 0.257 e. The fourth-order valence-electron chi connectivity index (χ4n) is 2.31. The van der Waals surface area contributed by atoms with Gasteiger partial charge in [-0.25, -0.2) is 4.98 Å². The molecule has 3 N–H and O–H groups in total. The zero-order valence-corrected chi connectivity index (χ0v) is 10.6. The molecule has 1 fully saturated rings. The van der Waals surface area contributed by atoms with E-state index in [9.17, 15) is 4.79 Å². The molecule has 5 heteroatoms. The van der Waals surface area contributed by atoms with Gasteiger partial charge in [0.1, 0.15) is 5.56 Å². The van der Waals surface area contributed by atoms with Crippen LogP contribution in [0.4, 0.5) is 0 Å². The lowest BCUT2D eigenvalue weighted by Crippen LogP contribution is -2.49. The van der Waals surface area contributed by atoms with E-state index in [-0.39, 0.29) is 18.0 Å². The number of hydrogen-bond donors (Lipinski definition) is 2. The first-order valence-corrected chi connectivity index (χ1v) is 6.28. The highest BCUT2D eigenvalue weighted by Gasteiger charge is 2.24. The van der Waals surface area contributed by atoms with Gasteiger partial charge in [-0.2, -0.15) is 0 Å². The Balaban J connectivity index is 2.07.